The predicted octanol–water partition coefficient (Wildman–Crippen LogP) is 3.55. The molecular formula is C23H28N4O3. The Morgan fingerprint density at radius 2 is 2.13 bits per heavy atom. The Bertz CT molecular complexity index is 996. The highest BCUT2D eigenvalue weighted by Crippen LogP contribution is 2.37. The van der Waals surface area contributed by atoms with Crippen molar-refractivity contribution in [3.63, 3.8) is 0 Å². The number of hydrogen-bond acceptors (Lipinski definition) is 6. The van der Waals surface area contributed by atoms with E-state index in [1.54, 1.807) is 20.0 Å². The molecule has 4 rings (SSSR count). The number of anilines is 2. The Hall–Kier alpha value is -3.09. The molecule has 1 N–H and O–H groups in total. The van der Waals surface area contributed by atoms with Gasteiger partial charge in [-0.3, -0.25) is 5.32 Å². The standard InChI is InChI=1S/C23H28N4O3/c1-4-30-22(28)17-9-7-8-16(12-17)18-13-20-15(2)25-23(24-3)27(29)21(20)26(14-18)19-10-5-6-11-19/h7-9,12-13,19H,4-6,10-11,14H2,1-3H3,(H,24,25). The number of nitrogens with zero attached hydrogens (tertiary/aromatic N) is 3. The third-order valence-electron chi connectivity index (χ3n) is 5.95. The van der Waals surface area contributed by atoms with Crippen LogP contribution in [0.2, 0.25) is 0 Å². The van der Waals surface area contributed by atoms with Crippen molar-refractivity contribution in [3.05, 3.63) is 51.9 Å². The van der Waals surface area contributed by atoms with Crippen LogP contribution in [0.15, 0.2) is 24.3 Å². The van der Waals surface area contributed by atoms with E-state index in [0.29, 0.717) is 36.5 Å². The molecule has 7 heteroatoms. The fourth-order valence-corrected chi connectivity index (χ4v) is 4.47. The lowest BCUT2D eigenvalue weighted by molar-refractivity contribution is -0.580. The number of aryl methyl sites for hydroxylation is 1. The van der Waals surface area contributed by atoms with Gasteiger partial charge in [0.2, 0.25) is 5.82 Å². The van der Waals surface area contributed by atoms with E-state index in [1.165, 1.54) is 12.8 Å². The first-order valence-corrected chi connectivity index (χ1v) is 10.6. The number of carbonyl (C=O) groups excluding carboxylic acids is 1. The van der Waals surface area contributed by atoms with Crippen molar-refractivity contribution in [2.24, 2.45) is 0 Å². The highest BCUT2D eigenvalue weighted by Gasteiger charge is 2.34. The van der Waals surface area contributed by atoms with Crippen molar-refractivity contribution in [1.82, 2.24) is 4.98 Å². The normalized spacial score (nSPS) is 16.2. The van der Waals surface area contributed by atoms with Crippen LogP contribution in [0.3, 0.4) is 0 Å². The van der Waals surface area contributed by atoms with E-state index in [1.807, 2.05) is 31.2 Å². The number of aromatic nitrogens is 2. The van der Waals surface area contributed by atoms with Gasteiger partial charge >= 0.3 is 11.9 Å². The smallest absolute Gasteiger partial charge is 0.346 e. The van der Waals surface area contributed by atoms with E-state index in [4.69, 9.17) is 4.74 Å². The summed E-state index contributed by atoms with van der Waals surface area (Å²) in [6, 6.07) is 7.85. The highest BCUT2D eigenvalue weighted by molar-refractivity contribution is 5.94. The van der Waals surface area contributed by atoms with E-state index < -0.39 is 0 Å². The van der Waals surface area contributed by atoms with Gasteiger partial charge in [0.25, 0.3) is 0 Å². The molecule has 2 aromatic rings. The fourth-order valence-electron chi connectivity index (χ4n) is 4.47. The molecule has 158 valence electrons. The lowest BCUT2D eigenvalue weighted by Gasteiger charge is -2.35. The Balaban J connectivity index is 1.82. The van der Waals surface area contributed by atoms with Gasteiger partial charge in [-0.2, -0.15) is 0 Å². The highest BCUT2D eigenvalue weighted by atomic mass is 16.5. The maximum atomic E-state index is 13.1. The van der Waals surface area contributed by atoms with Crippen LogP contribution in [-0.2, 0) is 4.74 Å². The minimum atomic E-state index is -0.322. The van der Waals surface area contributed by atoms with Crippen molar-refractivity contribution in [2.45, 2.75) is 45.6 Å². The topological polar surface area (TPSA) is 81.4 Å². The lowest BCUT2D eigenvalue weighted by Crippen LogP contribution is -2.47. The number of ether oxygens (including phenoxy) is 1. The Morgan fingerprint density at radius 3 is 2.83 bits per heavy atom. The van der Waals surface area contributed by atoms with Crippen molar-refractivity contribution in [2.75, 3.05) is 30.4 Å². The number of fused-ring (bicyclic) bond motifs is 1. The summed E-state index contributed by atoms with van der Waals surface area (Å²) in [5, 5.41) is 16.0. The Kier molecular flexibility index (Phi) is 5.61. The number of rotatable bonds is 5. The number of nitrogens with one attached hydrogen (secondary N) is 1. The predicted molar refractivity (Wildman–Crippen MR) is 117 cm³/mol. The monoisotopic (exact) mass is 408 g/mol. The van der Waals surface area contributed by atoms with Crippen molar-refractivity contribution in [1.29, 1.82) is 0 Å². The molecule has 2 heterocycles. The van der Waals surface area contributed by atoms with Crippen LogP contribution >= 0.6 is 0 Å². The zero-order valence-electron chi connectivity index (χ0n) is 17.8. The second-order valence-corrected chi connectivity index (χ2v) is 7.84. The maximum absolute atomic E-state index is 13.1. The molecule has 0 bridgehead atoms. The minimum absolute atomic E-state index is 0.315. The maximum Gasteiger partial charge on any atom is 0.346 e. The molecule has 1 aromatic carbocycles. The third-order valence-corrected chi connectivity index (χ3v) is 5.95. The van der Waals surface area contributed by atoms with Gasteiger partial charge in [0, 0.05) is 7.05 Å². The molecule has 0 saturated heterocycles. The average Bonchev–Trinajstić information content (AvgIpc) is 3.30. The van der Waals surface area contributed by atoms with Crippen LogP contribution in [0, 0.1) is 12.1 Å². The molecule has 0 atom stereocenters. The molecule has 0 amide bonds. The molecule has 2 aliphatic rings. The summed E-state index contributed by atoms with van der Waals surface area (Å²) in [5.74, 6) is 0.664. The summed E-state index contributed by atoms with van der Waals surface area (Å²) >= 11 is 0. The summed E-state index contributed by atoms with van der Waals surface area (Å²) in [5.41, 5.74) is 4.22. The summed E-state index contributed by atoms with van der Waals surface area (Å²) in [6.07, 6.45) is 6.55. The van der Waals surface area contributed by atoms with Crippen LogP contribution in [0.1, 0.15) is 59.8 Å². The van der Waals surface area contributed by atoms with Crippen molar-refractivity contribution < 1.29 is 14.3 Å². The van der Waals surface area contributed by atoms with Gasteiger partial charge in [0.1, 0.15) is 5.69 Å². The minimum Gasteiger partial charge on any atom is -0.754 e. The third kappa shape index (κ3) is 3.60. The summed E-state index contributed by atoms with van der Waals surface area (Å²) in [4.78, 5) is 18.9. The van der Waals surface area contributed by atoms with Gasteiger partial charge in [-0.15, -0.1) is 4.98 Å². The van der Waals surface area contributed by atoms with Crippen LogP contribution in [0.4, 0.5) is 11.8 Å². The van der Waals surface area contributed by atoms with Gasteiger partial charge in [0.15, 0.2) is 0 Å². The van der Waals surface area contributed by atoms with Gasteiger partial charge in [-0.05, 0) is 56.0 Å². The van der Waals surface area contributed by atoms with E-state index in [0.717, 1.165) is 40.0 Å². The van der Waals surface area contributed by atoms with Gasteiger partial charge < -0.3 is 14.8 Å². The van der Waals surface area contributed by atoms with Crippen LogP contribution in [-0.4, -0.2) is 37.2 Å². The SMILES string of the molecule is CCOC(=O)c1cccc(C2=Cc3c(C)nc(NC)[n+]([O-])c3N(C3CCCC3)C2)c1. The lowest BCUT2D eigenvalue weighted by atomic mass is 9.95. The number of benzene rings is 1. The molecule has 1 saturated carbocycles. The molecule has 1 aliphatic carbocycles. The zero-order valence-corrected chi connectivity index (χ0v) is 17.8. The largest absolute Gasteiger partial charge is 0.754 e. The van der Waals surface area contributed by atoms with Crippen molar-refractivity contribution in [3.8, 4) is 0 Å². The van der Waals surface area contributed by atoms with Gasteiger partial charge in [-0.25, -0.2) is 9.52 Å². The molecular weight excluding hydrogens is 380 g/mol. The average molecular weight is 409 g/mol. The van der Waals surface area contributed by atoms with E-state index >= 15 is 0 Å². The van der Waals surface area contributed by atoms with Crippen LogP contribution in [0.5, 0.6) is 0 Å². The molecule has 0 spiro atoms. The molecule has 1 fully saturated rings. The van der Waals surface area contributed by atoms with Gasteiger partial charge in [-0.1, -0.05) is 25.0 Å². The molecule has 0 unspecified atom stereocenters. The molecule has 30 heavy (non-hydrogen) atoms. The first kappa shape index (κ1) is 20.2. The fraction of sp³-hybridized carbons (Fsp3) is 0.435. The quantitative estimate of drug-likeness (QED) is 0.463. The Labute approximate surface area is 177 Å². The Morgan fingerprint density at radius 1 is 1.37 bits per heavy atom. The first-order chi connectivity index (χ1) is 14.5. The van der Waals surface area contributed by atoms with E-state index in [2.05, 4.69) is 15.2 Å². The van der Waals surface area contributed by atoms with Gasteiger partial charge in [0.05, 0.1) is 30.3 Å². The second-order valence-electron chi connectivity index (χ2n) is 7.84. The number of esters is 1. The molecule has 1 aliphatic heterocycles. The second kappa shape index (κ2) is 8.34. The number of hydrogen-bond donors (Lipinski definition) is 1. The molecule has 7 nitrogen and oxygen atoms in total. The summed E-state index contributed by atoms with van der Waals surface area (Å²) in [7, 11) is 1.72. The molecule has 1 aromatic heterocycles. The van der Waals surface area contributed by atoms with Crippen LogP contribution in [0.25, 0.3) is 11.6 Å². The van der Waals surface area contributed by atoms with Crippen LogP contribution < -0.4 is 14.9 Å². The summed E-state index contributed by atoms with van der Waals surface area (Å²) < 4.78 is 6.08. The van der Waals surface area contributed by atoms with Crippen molar-refractivity contribution >= 4 is 29.4 Å². The van der Waals surface area contributed by atoms with E-state index in [9.17, 15) is 10.0 Å². The summed E-state index contributed by atoms with van der Waals surface area (Å²) in [6.45, 7) is 4.70. The first-order valence-electron chi connectivity index (χ1n) is 10.6. The number of carbonyl (C=O) groups is 1. The molecule has 0 radical (unpaired) electrons. The van der Waals surface area contributed by atoms with E-state index in [-0.39, 0.29) is 5.97 Å². The zero-order chi connectivity index (χ0) is 21.3.